The molecule has 0 radical (unpaired) electrons. The fourth-order valence-corrected chi connectivity index (χ4v) is 4.55. The second-order valence-electron chi connectivity index (χ2n) is 8.29. The van der Waals surface area contributed by atoms with E-state index in [-0.39, 0.29) is 0 Å². The highest BCUT2D eigenvalue weighted by atomic mass is 16.5. The fourth-order valence-electron chi connectivity index (χ4n) is 4.55. The lowest BCUT2D eigenvalue weighted by Crippen LogP contribution is -2.49. The summed E-state index contributed by atoms with van der Waals surface area (Å²) in [6.07, 6.45) is 5.15. The van der Waals surface area contributed by atoms with Gasteiger partial charge in [0.25, 0.3) is 0 Å². The van der Waals surface area contributed by atoms with Crippen molar-refractivity contribution in [2.24, 2.45) is 0 Å². The summed E-state index contributed by atoms with van der Waals surface area (Å²) in [5.41, 5.74) is 2.73. The van der Waals surface area contributed by atoms with E-state index in [4.69, 9.17) is 14.7 Å². The fraction of sp³-hybridized carbons (Fsp3) is 0.522. The standard InChI is InChI=1S/C23H31N7O/c1-2-10-24-21-20-22(30(17-25-20)19-6-4-3-5-7-19)27-23(26-21)29-11-8-18(9-12-29)28-13-15-31-16-14-28/h3-7,17-18H,2,8-16H2,1H3,(H,24,26,27). The zero-order chi connectivity index (χ0) is 21.0. The van der Waals surface area contributed by atoms with Crippen LogP contribution in [0.1, 0.15) is 26.2 Å². The highest BCUT2D eigenvalue weighted by molar-refractivity contribution is 5.85. The van der Waals surface area contributed by atoms with Crippen LogP contribution in [0.25, 0.3) is 16.9 Å². The summed E-state index contributed by atoms with van der Waals surface area (Å²) in [7, 11) is 0. The van der Waals surface area contributed by atoms with Gasteiger partial charge in [0.15, 0.2) is 17.0 Å². The number of rotatable bonds is 6. The van der Waals surface area contributed by atoms with Gasteiger partial charge in [-0.05, 0) is 31.4 Å². The molecular weight excluding hydrogens is 390 g/mol. The highest BCUT2D eigenvalue weighted by Crippen LogP contribution is 2.27. The minimum Gasteiger partial charge on any atom is -0.379 e. The van der Waals surface area contributed by atoms with Gasteiger partial charge in [-0.3, -0.25) is 9.47 Å². The van der Waals surface area contributed by atoms with Gasteiger partial charge in [-0.1, -0.05) is 25.1 Å². The van der Waals surface area contributed by atoms with Gasteiger partial charge in [-0.25, -0.2) is 4.98 Å². The van der Waals surface area contributed by atoms with Crippen LogP contribution >= 0.6 is 0 Å². The van der Waals surface area contributed by atoms with Gasteiger partial charge >= 0.3 is 0 Å². The molecule has 3 aromatic rings. The Labute approximate surface area is 183 Å². The van der Waals surface area contributed by atoms with Gasteiger partial charge in [0.2, 0.25) is 5.95 Å². The molecule has 0 amide bonds. The van der Waals surface area contributed by atoms with Crippen molar-refractivity contribution in [3.8, 4) is 5.69 Å². The van der Waals surface area contributed by atoms with Crippen molar-refractivity contribution in [2.75, 3.05) is 56.2 Å². The van der Waals surface area contributed by atoms with Crippen molar-refractivity contribution in [2.45, 2.75) is 32.2 Å². The van der Waals surface area contributed by atoms with Crippen LogP contribution in [0.4, 0.5) is 11.8 Å². The Hall–Kier alpha value is -2.71. The van der Waals surface area contributed by atoms with E-state index in [1.165, 1.54) is 0 Å². The van der Waals surface area contributed by atoms with Crippen LogP contribution in [0.3, 0.4) is 0 Å². The van der Waals surface area contributed by atoms with Crippen LogP contribution in [-0.4, -0.2) is 76.4 Å². The van der Waals surface area contributed by atoms with Crippen LogP contribution in [-0.2, 0) is 4.74 Å². The number of piperidine rings is 1. The van der Waals surface area contributed by atoms with Crippen LogP contribution in [0, 0.1) is 0 Å². The maximum Gasteiger partial charge on any atom is 0.229 e. The Balaban J connectivity index is 1.43. The molecule has 2 saturated heterocycles. The summed E-state index contributed by atoms with van der Waals surface area (Å²) >= 11 is 0. The Bertz CT molecular complexity index is 992. The van der Waals surface area contributed by atoms with Gasteiger partial charge in [0.1, 0.15) is 6.33 Å². The van der Waals surface area contributed by atoms with Crippen LogP contribution in [0.5, 0.6) is 0 Å². The quantitative estimate of drug-likeness (QED) is 0.656. The van der Waals surface area contributed by atoms with Crippen LogP contribution in [0.2, 0.25) is 0 Å². The predicted octanol–water partition coefficient (Wildman–Crippen LogP) is 2.94. The van der Waals surface area contributed by atoms with E-state index < -0.39 is 0 Å². The lowest BCUT2D eigenvalue weighted by Gasteiger charge is -2.40. The molecule has 31 heavy (non-hydrogen) atoms. The van der Waals surface area contributed by atoms with Gasteiger partial charge in [0.05, 0.1) is 13.2 Å². The van der Waals surface area contributed by atoms with Gasteiger partial charge in [-0.2, -0.15) is 9.97 Å². The van der Waals surface area contributed by atoms with Gasteiger partial charge in [-0.15, -0.1) is 0 Å². The average Bonchev–Trinajstić information content (AvgIpc) is 3.28. The molecule has 5 rings (SSSR count). The number of hydrogen-bond donors (Lipinski definition) is 1. The number of fused-ring (bicyclic) bond motifs is 1. The number of hydrogen-bond acceptors (Lipinski definition) is 7. The third-order valence-electron chi connectivity index (χ3n) is 6.27. The minimum absolute atomic E-state index is 0.636. The maximum atomic E-state index is 5.52. The number of imidazole rings is 1. The number of ether oxygens (including phenoxy) is 1. The number of aromatic nitrogens is 4. The van der Waals surface area contributed by atoms with Crippen molar-refractivity contribution < 1.29 is 4.74 Å². The molecule has 2 aromatic heterocycles. The number of nitrogens with one attached hydrogen (secondary N) is 1. The summed E-state index contributed by atoms with van der Waals surface area (Å²) in [5.74, 6) is 1.62. The molecule has 4 heterocycles. The second-order valence-corrected chi connectivity index (χ2v) is 8.29. The Kier molecular flexibility index (Phi) is 5.99. The van der Waals surface area contributed by atoms with E-state index in [2.05, 4.69) is 43.7 Å². The van der Waals surface area contributed by atoms with E-state index >= 15 is 0 Å². The van der Waals surface area contributed by atoms with Crippen molar-refractivity contribution in [1.29, 1.82) is 0 Å². The van der Waals surface area contributed by atoms with Gasteiger partial charge < -0.3 is 15.0 Å². The summed E-state index contributed by atoms with van der Waals surface area (Å²) in [6.45, 7) is 8.78. The van der Waals surface area contributed by atoms with Crippen molar-refractivity contribution in [3.63, 3.8) is 0 Å². The molecular formula is C23H31N7O. The van der Waals surface area contributed by atoms with Crippen LogP contribution < -0.4 is 10.2 Å². The molecule has 0 saturated carbocycles. The minimum atomic E-state index is 0.636. The molecule has 2 aliphatic rings. The van der Waals surface area contributed by atoms with Crippen molar-refractivity contribution >= 4 is 22.9 Å². The first-order valence-corrected chi connectivity index (χ1v) is 11.4. The molecule has 0 atom stereocenters. The largest absolute Gasteiger partial charge is 0.379 e. The molecule has 0 aliphatic carbocycles. The Morgan fingerprint density at radius 2 is 1.81 bits per heavy atom. The molecule has 0 bridgehead atoms. The molecule has 2 aliphatic heterocycles. The third-order valence-corrected chi connectivity index (χ3v) is 6.27. The number of para-hydroxylation sites is 1. The van der Waals surface area contributed by atoms with Gasteiger partial charge in [0, 0.05) is 44.5 Å². The number of nitrogens with zero attached hydrogens (tertiary/aromatic N) is 6. The number of benzene rings is 1. The Morgan fingerprint density at radius 3 is 2.55 bits per heavy atom. The molecule has 0 unspecified atom stereocenters. The van der Waals surface area contributed by atoms with E-state index in [1.54, 1.807) is 0 Å². The summed E-state index contributed by atoms with van der Waals surface area (Å²) in [4.78, 5) is 19.4. The molecule has 164 valence electrons. The van der Waals surface area contributed by atoms with Crippen molar-refractivity contribution in [3.05, 3.63) is 36.7 Å². The zero-order valence-electron chi connectivity index (χ0n) is 18.2. The first kappa shape index (κ1) is 20.2. The van der Waals surface area contributed by atoms with E-state index in [0.717, 1.165) is 93.8 Å². The normalized spacial score (nSPS) is 18.5. The van der Waals surface area contributed by atoms with E-state index in [9.17, 15) is 0 Å². The maximum absolute atomic E-state index is 5.52. The molecule has 0 spiro atoms. The zero-order valence-corrected chi connectivity index (χ0v) is 18.2. The van der Waals surface area contributed by atoms with E-state index in [1.807, 2.05) is 24.5 Å². The summed E-state index contributed by atoms with van der Waals surface area (Å²) in [6, 6.07) is 10.9. The Morgan fingerprint density at radius 1 is 1.03 bits per heavy atom. The predicted molar refractivity (Wildman–Crippen MR) is 123 cm³/mol. The first-order chi connectivity index (χ1) is 15.3. The second kappa shape index (κ2) is 9.20. The number of anilines is 2. The summed E-state index contributed by atoms with van der Waals surface area (Å²) in [5, 5.41) is 3.47. The molecule has 2 fully saturated rings. The SMILES string of the molecule is CCCNc1nc(N2CCC(N3CCOCC3)CC2)nc2c1ncn2-c1ccccc1. The van der Waals surface area contributed by atoms with Crippen molar-refractivity contribution in [1.82, 2.24) is 24.4 Å². The smallest absolute Gasteiger partial charge is 0.229 e. The molecule has 8 heteroatoms. The lowest BCUT2D eigenvalue weighted by atomic mass is 10.0. The number of morpholine rings is 1. The lowest BCUT2D eigenvalue weighted by molar-refractivity contribution is 0.0114. The topological polar surface area (TPSA) is 71.3 Å². The van der Waals surface area contributed by atoms with E-state index in [0.29, 0.717) is 6.04 Å². The monoisotopic (exact) mass is 421 g/mol. The molecule has 1 N–H and O–H groups in total. The molecule has 8 nitrogen and oxygen atoms in total. The highest BCUT2D eigenvalue weighted by Gasteiger charge is 2.27. The molecule has 1 aromatic carbocycles. The summed E-state index contributed by atoms with van der Waals surface area (Å²) < 4.78 is 7.57. The first-order valence-electron chi connectivity index (χ1n) is 11.4. The average molecular weight is 422 g/mol. The van der Waals surface area contributed by atoms with Crippen LogP contribution in [0.15, 0.2) is 36.7 Å². The third kappa shape index (κ3) is 4.22.